The first-order chi connectivity index (χ1) is 13.3. The maximum absolute atomic E-state index is 8.92. The van der Waals surface area contributed by atoms with Crippen LogP contribution in [-0.4, -0.2) is 62.4 Å². The van der Waals surface area contributed by atoms with Crippen molar-refractivity contribution in [2.75, 3.05) is 57.4 Å². The molecule has 0 saturated carbocycles. The van der Waals surface area contributed by atoms with Gasteiger partial charge in [-0.25, -0.2) is 4.98 Å². The van der Waals surface area contributed by atoms with E-state index in [0.717, 1.165) is 49.9 Å². The summed E-state index contributed by atoms with van der Waals surface area (Å²) in [6, 6.07) is 11.5. The molecule has 1 fully saturated rings. The largest absolute Gasteiger partial charge is 0.486 e. The van der Waals surface area contributed by atoms with Crippen LogP contribution in [0.25, 0.3) is 0 Å². The topological polar surface area (TPSA) is 70.9 Å². The number of fused-ring (bicyclic) bond motifs is 1. The third kappa shape index (κ3) is 4.07. The van der Waals surface area contributed by atoms with Crippen LogP contribution in [0.15, 0.2) is 36.5 Å². The number of para-hydroxylation sites is 1. The number of piperazine rings is 1. The summed E-state index contributed by atoms with van der Waals surface area (Å²) in [5.74, 6) is 2.20. The number of hydrogen-bond donors (Lipinski definition) is 0. The minimum Gasteiger partial charge on any atom is -0.486 e. The van der Waals surface area contributed by atoms with E-state index in [9.17, 15) is 0 Å². The molecule has 0 bridgehead atoms. The Balaban J connectivity index is 1.28. The first-order valence-corrected chi connectivity index (χ1v) is 9.18. The lowest BCUT2D eigenvalue weighted by Crippen LogP contribution is -2.47. The van der Waals surface area contributed by atoms with E-state index < -0.39 is 0 Å². The van der Waals surface area contributed by atoms with E-state index >= 15 is 0 Å². The Morgan fingerprint density at radius 1 is 1.11 bits per heavy atom. The van der Waals surface area contributed by atoms with Crippen molar-refractivity contribution >= 4 is 5.69 Å². The van der Waals surface area contributed by atoms with Crippen molar-refractivity contribution in [3.63, 3.8) is 0 Å². The first-order valence-electron chi connectivity index (χ1n) is 9.18. The van der Waals surface area contributed by atoms with E-state index in [1.807, 2.05) is 12.1 Å². The molecule has 1 aromatic carbocycles. The molecule has 0 radical (unpaired) electrons. The fourth-order valence-electron chi connectivity index (χ4n) is 3.36. The van der Waals surface area contributed by atoms with E-state index in [1.54, 1.807) is 18.3 Å². The van der Waals surface area contributed by atoms with Gasteiger partial charge in [0.1, 0.15) is 19.8 Å². The molecule has 0 amide bonds. The van der Waals surface area contributed by atoms with Gasteiger partial charge < -0.3 is 19.1 Å². The van der Waals surface area contributed by atoms with Gasteiger partial charge in [0.15, 0.2) is 11.5 Å². The highest BCUT2D eigenvalue weighted by molar-refractivity contribution is 5.65. The highest BCUT2D eigenvalue weighted by Gasteiger charge is 2.23. The number of benzene rings is 1. The Morgan fingerprint density at radius 2 is 1.96 bits per heavy atom. The first kappa shape index (κ1) is 17.4. The van der Waals surface area contributed by atoms with Gasteiger partial charge in [0.2, 0.25) is 5.88 Å². The maximum atomic E-state index is 8.92. The van der Waals surface area contributed by atoms with Crippen molar-refractivity contribution in [3.8, 4) is 23.4 Å². The molecule has 2 aromatic rings. The summed E-state index contributed by atoms with van der Waals surface area (Å²) >= 11 is 0. The second-order valence-corrected chi connectivity index (χ2v) is 6.47. The van der Waals surface area contributed by atoms with Gasteiger partial charge in [0.25, 0.3) is 0 Å². The average Bonchev–Trinajstić information content (AvgIpc) is 2.74. The normalized spacial score (nSPS) is 16.6. The van der Waals surface area contributed by atoms with Crippen molar-refractivity contribution < 1.29 is 14.2 Å². The molecule has 2 aliphatic heterocycles. The molecule has 7 nitrogen and oxygen atoms in total. The van der Waals surface area contributed by atoms with E-state index in [4.69, 9.17) is 19.5 Å². The quantitative estimate of drug-likeness (QED) is 0.801. The predicted molar refractivity (Wildman–Crippen MR) is 101 cm³/mol. The average molecular weight is 366 g/mol. The molecule has 0 aliphatic carbocycles. The Bertz CT molecular complexity index is 828. The smallest absolute Gasteiger partial charge is 0.214 e. The van der Waals surface area contributed by atoms with Gasteiger partial charge in [-0.05, 0) is 18.2 Å². The molecule has 3 heterocycles. The van der Waals surface area contributed by atoms with E-state index in [-0.39, 0.29) is 0 Å². The van der Waals surface area contributed by atoms with Gasteiger partial charge in [0.05, 0.1) is 17.3 Å². The van der Waals surface area contributed by atoms with E-state index in [0.29, 0.717) is 31.3 Å². The summed E-state index contributed by atoms with van der Waals surface area (Å²) < 4.78 is 17.2. The summed E-state index contributed by atoms with van der Waals surface area (Å²) in [5, 5.41) is 8.92. The minimum atomic E-state index is 0.501. The van der Waals surface area contributed by atoms with Crippen LogP contribution in [-0.2, 0) is 0 Å². The molecule has 7 heteroatoms. The monoisotopic (exact) mass is 366 g/mol. The summed E-state index contributed by atoms with van der Waals surface area (Å²) in [6.07, 6.45) is 1.60. The molecule has 0 N–H and O–H groups in total. The molecule has 1 aromatic heterocycles. The maximum Gasteiger partial charge on any atom is 0.214 e. The molecule has 1 saturated heterocycles. The molecule has 27 heavy (non-hydrogen) atoms. The van der Waals surface area contributed by atoms with E-state index in [1.165, 1.54) is 0 Å². The Morgan fingerprint density at radius 3 is 2.81 bits per heavy atom. The van der Waals surface area contributed by atoms with Gasteiger partial charge in [-0.15, -0.1) is 0 Å². The lowest BCUT2D eigenvalue weighted by molar-refractivity contribution is 0.170. The van der Waals surface area contributed by atoms with Crippen molar-refractivity contribution in [1.29, 1.82) is 5.26 Å². The number of rotatable bonds is 5. The number of anilines is 1. The zero-order valence-electron chi connectivity index (χ0n) is 15.1. The summed E-state index contributed by atoms with van der Waals surface area (Å²) in [4.78, 5) is 8.86. The zero-order valence-corrected chi connectivity index (χ0v) is 15.1. The zero-order chi connectivity index (χ0) is 18.5. The van der Waals surface area contributed by atoms with Crippen LogP contribution in [0.2, 0.25) is 0 Å². The summed E-state index contributed by atoms with van der Waals surface area (Å²) in [7, 11) is 0. The number of nitrogens with zero attached hydrogens (tertiary/aromatic N) is 4. The van der Waals surface area contributed by atoms with Gasteiger partial charge in [-0.2, -0.15) is 5.26 Å². The molecule has 0 unspecified atom stereocenters. The van der Waals surface area contributed by atoms with Crippen LogP contribution in [0.4, 0.5) is 5.69 Å². The SMILES string of the molecule is N#Cc1ccnc(OCCN2CCN(c3cccc4c3OCCO4)CC2)c1. The van der Waals surface area contributed by atoms with Crippen molar-refractivity contribution in [1.82, 2.24) is 9.88 Å². The Labute approximate surface area is 158 Å². The third-order valence-corrected chi connectivity index (χ3v) is 4.78. The molecule has 4 rings (SSSR count). The van der Waals surface area contributed by atoms with Crippen molar-refractivity contribution in [3.05, 3.63) is 42.1 Å². The molecule has 2 aliphatic rings. The van der Waals surface area contributed by atoms with Crippen LogP contribution in [0.3, 0.4) is 0 Å². The number of pyridine rings is 1. The molecular weight excluding hydrogens is 344 g/mol. The van der Waals surface area contributed by atoms with Gasteiger partial charge >= 0.3 is 0 Å². The number of aromatic nitrogens is 1. The number of ether oxygens (including phenoxy) is 3. The van der Waals surface area contributed by atoms with Crippen molar-refractivity contribution in [2.45, 2.75) is 0 Å². The van der Waals surface area contributed by atoms with Crippen LogP contribution in [0, 0.1) is 11.3 Å². The predicted octanol–water partition coefficient (Wildman–Crippen LogP) is 1.93. The minimum absolute atomic E-state index is 0.501. The van der Waals surface area contributed by atoms with E-state index in [2.05, 4.69) is 26.9 Å². The highest BCUT2D eigenvalue weighted by Crippen LogP contribution is 2.39. The van der Waals surface area contributed by atoms with Gasteiger partial charge in [-0.1, -0.05) is 6.07 Å². The molecule has 0 spiro atoms. The van der Waals surface area contributed by atoms with Gasteiger partial charge in [-0.3, -0.25) is 4.90 Å². The second kappa shape index (κ2) is 8.14. The Kier molecular flexibility index (Phi) is 5.26. The number of hydrogen-bond acceptors (Lipinski definition) is 7. The molecule has 140 valence electrons. The van der Waals surface area contributed by atoms with Crippen LogP contribution >= 0.6 is 0 Å². The second-order valence-electron chi connectivity index (χ2n) is 6.47. The van der Waals surface area contributed by atoms with Crippen LogP contribution < -0.4 is 19.1 Å². The lowest BCUT2D eigenvalue weighted by Gasteiger charge is -2.37. The summed E-state index contributed by atoms with van der Waals surface area (Å²) in [6.45, 7) is 6.38. The third-order valence-electron chi connectivity index (χ3n) is 4.78. The molecule has 0 atom stereocenters. The lowest BCUT2D eigenvalue weighted by atomic mass is 10.2. The highest BCUT2D eigenvalue weighted by atomic mass is 16.6. The fourth-order valence-corrected chi connectivity index (χ4v) is 3.36. The standard InChI is InChI=1S/C20H22N4O3/c21-15-16-4-5-22-19(14-16)26-11-10-23-6-8-24(9-7-23)17-2-1-3-18-20(17)27-13-12-25-18/h1-5,14H,6-13H2. The molecular formula is C20H22N4O3. The Hall–Kier alpha value is -2.98. The van der Waals surface area contributed by atoms with Crippen LogP contribution in [0.5, 0.6) is 17.4 Å². The van der Waals surface area contributed by atoms with Crippen LogP contribution in [0.1, 0.15) is 5.56 Å². The summed E-state index contributed by atoms with van der Waals surface area (Å²) in [5.41, 5.74) is 1.67. The number of nitriles is 1. The fraction of sp³-hybridized carbons (Fsp3) is 0.400. The van der Waals surface area contributed by atoms with Gasteiger partial charge in [0, 0.05) is 45.0 Å². The van der Waals surface area contributed by atoms with Crippen molar-refractivity contribution in [2.24, 2.45) is 0 Å².